The first-order valence-electron chi connectivity index (χ1n) is 8.29. The molecule has 0 aliphatic heterocycles. The summed E-state index contributed by atoms with van der Waals surface area (Å²) < 4.78 is 41.4. The predicted octanol–water partition coefficient (Wildman–Crippen LogP) is 4.92. The molecule has 142 valence electrons. The van der Waals surface area contributed by atoms with Crippen molar-refractivity contribution in [1.29, 1.82) is 0 Å². The Morgan fingerprint density at radius 3 is 2.59 bits per heavy atom. The minimum Gasteiger partial charge on any atom is -0.317 e. The molecule has 1 aromatic carbocycles. The third kappa shape index (κ3) is 3.69. The Balaban J connectivity index is 2.21. The Bertz CT molecular complexity index is 1090. The molecule has 0 fully saturated rings. The third-order valence-electron chi connectivity index (χ3n) is 4.59. The van der Waals surface area contributed by atoms with Crippen molar-refractivity contribution in [2.24, 2.45) is 12.0 Å². The number of alkyl halides is 3. The molecule has 2 heterocycles. The molecule has 0 aliphatic carbocycles. The van der Waals surface area contributed by atoms with Gasteiger partial charge in [0.15, 0.2) is 5.49 Å². The number of rotatable bonds is 2. The first-order valence-corrected chi connectivity index (χ1v) is 8.67. The van der Waals surface area contributed by atoms with Gasteiger partial charge in [-0.3, -0.25) is 4.99 Å². The van der Waals surface area contributed by atoms with E-state index in [-0.39, 0.29) is 5.56 Å². The van der Waals surface area contributed by atoms with Gasteiger partial charge in [-0.15, -0.1) is 0 Å². The van der Waals surface area contributed by atoms with Gasteiger partial charge in [-0.2, -0.15) is 13.2 Å². The minimum absolute atomic E-state index is 0.167. The molecule has 4 nitrogen and oxygen atoms in total. The third-order valence-corrected chi connectivity index (χ3v) is 4.80. The van der Waals surface area contributed by atoms with Crippen LogP contribution < -0.4 is 5.49 Å². The molecule has 0 aliphatic rings. The van der Waals surface area contributed by atoms with E-state index >= 15 is 0 Å². The van der Waals surface area contributed by atoms with Gasteiger partial charge in [0.25, 0.3) is 0 Å². The van der Waals surface area contributed by atoms with Crippen LogP contribution in [0.15, 0.2) is 35.5 Å². The summed E-state index contributed by atoms with van der Waals surface area (Å²) in [5, 5.41) is 1.08. The zero-order chi connectivity index (χ0) is 19.9. The molecule has 0 radical (unpaired) electrons. The predicted molar refractivity (Wildman–Crippen MR) is 98.4 cm³/mol. The second kappa shape index (κ2) is 6.96. The Morgan fingerprint density at radius 2 is 1.93 bits per heavy atom. The molecule has 0 N–H and O–H groups in total. The summed E-state index contributed by atoms with van der Waals surface area (Å²) in [6.07, 6.45) is -2.87. The number of fused-ring (bicyclic) bond motifs is 1. The molecule has 27 heavy (non-hydrogen) atoms. The number of halogens is 4. The smallest absolute Gasteiger partial charge is 0.317 e. The average Bonchev–Trinajstić information content (AvgIpc) is 2.58. The zero-order valence-electron chi connectivity index (χ0n) is 15.3. The van der Waals surface area contributed by atoms with E-state index in [4.69, 9.17) is 11.6 Å². The highest BCUT2D eigenvalue weighted by molar-refractivity contribution is 6.31. The van der Waals surface area contributed by atoms with Crippen LogP contribution >= 0.6 is 11.6 Å². The molecule has 3 rings (SSSR count). The summed E-state index contributed by atoms with van der Waals surface area (Å²) in [5.74, 6) is 0.684. The zero-order valence-corrected chi connectivity index (χ0v) is 16.0. The number of aromatic nitrogens is 3. The molecule has 1 atom stereocenters. The molecule has 0 unspecified atom stereocenters. The lowest BCUT2D eigenvalue weighted by atomic mass is 9.97. The Morgan fingerprint density at radius 1 is 1.22 bits per heavy atom. The topological polar surface area (TPSA) is 43.1 Å². The number of hydrogen-bond acceptors (Lipinski definition) is 3. The van der Waals surface area contributed by atoms with Crippen LogP contribution in [0.5, 0.6) is 0 Å². The second-order valence-corrected chi connectivity index (χ2v) is 6.83. The van der Waals surface area contributed by atoms with Crippen molar-refractivity contribution in [3.63, 3.8) is 0 Å². The standard InChI is InChI=1S/C19H18ClF3N4/c1-10-14(6-5-7-16(10)19(21,22)23)11(2)25-17-15-8-13(20)9-24-18(15)27(4)12(3)26-17/h5-9,11H,1-4H3/b25-17-/t11-/m1/s1. The van der Waals surface area contributed by atoms with E-state index < -0.39 is 17.8 Å². The fourth-order valence-corrected chi connectivity index (χ4v) is 3.23. The van der Waals surface area contributed by atoms with E-state index in [0.29, 0.717) is 32.9 Å². The Labute approximate surface area is 159 Å². The molecular weight excluding hydrogens is 377 g/mol. The van der Waals surface area contributed by atoms with Crippen molar-refractivity contribution in [3.05, 3.63) is 63.5 Å². The van der Waals surface area contributed by atoms with Gasteiger partial charge in [-0.05, 0) is 44.0 Å². The van der Waals surface area contributed by atoms with Gasteiger partial charge in [-0.25, -0.2) is 9.97 Å². The van der Waals surface area contributed by atoms with Crippen LogP contribution in [0, 0.1) is 13.8 Å². The van der Waals surface area contributed by atoms with Crippen molar-refractivity contribution < 1.29 is 13.2 Å². The molecule has 0 bridgehead atoms. The van der Waals surface area contributed by atoms with Gasteiger partial charge in [0, 0.05) is 13.2 Å². The highest BCUT2D eigenvalue weighted by Crippen LogP contribution is 2.35. The largest absolute Gasteiger partial charge is 0.416 e. The Kier molecular flexibility index (Phi) is 4.99. The maximum atomic E-state index is 13.2. The highest BCUT2D eigenvalue weighted by atomic mass is 35.5. The fourth-order valence-electron chi connectivity index (χ4n) is 3.07. The average molecular weight is 395 g/mol. The number of aryl methyl sites for hydroxylation is 2. The summed E-state index contributed by atoms with van der Waals surface area (Å²) >= 11 is 6.07. The van der Waals surface area contributed by atoms with Gasteiger partial charge in [0.1, 0.15) is 11.5 Å². The van der Waals surface area contributed by atoms with Crippen molar-refractivity contribution >= 4 is 22.6 Å². The molecule has 8 heteroatoms. The number of pyridine rings is 1. The molecule has 0 amide bonds. The lowest BCUT2D eigenvalue weighted by Gasteiger charge is -2.16. The fraction of sp³-hybridized carbons (Fsp3) is 0.316. The summed E-state index contributed by atoms with van der Waals surface area (Å²) in [7, 11) is 1.83. The number of hydrogen-bond donors (Lipinski definition) is 0. The molecular formula is C19H18ClF3N4. The lowest BCUT2D eigenvalue weighted by molar-refractivity contribution is -0.138. The maximum absolute atomic E-state index is 13.2. The van der Waals surface area contributed by atoms with Crippen LogP contribution in [0.3, 0.4) is 0 Å². The van der Waals surface area contributed by atoms with Crippen LogP contribution in [-0.2, 0) is 13.2 Å². The van der Waals surface area contributed by atoms with Crippen molar-refractivity contribution in [1.82, 2.24) is 14.5 Å². The maximum Gasteiger partial charge on any atom is 0.416 e. The van der Waals surface area contributed by atoms with E-state index in [2.05, 4.69) is 15.0 Å². The normalized spacial score (nSPS) is 14.0. The SMILES string of the molecule is Cc1c([C@@H](C)/N=c2\nc(C)n(C)c3ncc(Cl)cc23)cccc1C(F)(F)F. The minimum atomic E-state index is -4.40. The Hall–Kier alpha value is -2.41. The van der Waals surface area contributed by atoms with E-state index in [1.807, 2.05) is 18.5 Å². The second-order valence-electron chi connectivity index (χ2n) is 6.39. The van der Waals surface area contributed by atoms with Crippen molar-refractivity contribution in [2.45, 2.75) is 33.0 Å². The molecule has 0 saturated heterocycles. The molecule has 3 aromatic rings. The summed E-state index contributed by atoms with van der Waals surface area (Å²) in [6.45, 7) is 5.02. The molecule has 0 saturated carbocycles. The molecule has 0 spiro atoms. The van der Waals surface area contributed by atoms with E-state index in [9.17, 15) is 13.2 Å². The van der Waals surface area contributed by atoms with E-state index in [0.717, 1.165) is 6.07 Å². The summed E-state index contributed by atoms with van der Waals surface area (Å²) in [4.78, 5) is 13.4. The lowest BCUT2D eigenvalue weighted by Crippen LogP contribution is -2.18. The first kappa shape index (κ1) is 19.4. The van der Waals surface area contributed by atoms with E-state index in [1.54, 1.807) is 19.1 Å². The number of benzene rings is 1. The van der Waals surface area contributed by atoms with Crippen LogP contribution in [0.25, 0.3) is 11.0 Å². The van der Waals surface area contributed by atoms with Crippen LogP contribution in [0.2, 0.25) is 5.02 Å². The highest BCUT2D eigenvalue weighted by Gasteiger charge is 2.33. The van der Waals surface area contributed by atoms with Gasteiger partial charge >= 0.3 is 6.18 Å². The van der Waals surface area contributed by atoms with E-state index in [1.165, 1.54) is 19.2 Å². The summed E-state index contributed by atoms with van der Waals surface area (Å²) in [6, 6.07) is 5.32. The van der Waals surface area contributed by atoms with Crippen molar-refractivity contribution in [3.8, 4) is 0 Å². The number of nitrogens with zero attached hydrogens (tertiary/aromatic N) is 4. The monoisotopic (exact) mass is 394 g/mol. The molecule has 2 aromatic heterocycles. The van der Waals surface area contributed by atoms with Crippen molar-refractivity contribution in [2.75, 3.05) is 0 Å². The van der Waals surface area contributed by atoms with Crippen LogP contribution in [0.4, 0.5) is 13.2 Å². The van der Waals surface area contributed by atoms with Gasteiger partial charge < -0.3 is 4.57 Å². The first-order chi connectivity index (χ1) is 12.6. The van der Waals surface area contributed by atoms with Gasteiger partial charge in [0.2, 0.25) is 0 Å². The quantitative estimate of drug-likeness (QED) is 0.619. The van der Waals surface area contributed by atoms with Crippen LogP contribution in [0.1, 0.15) is 35.5 Å². The van der Waals surface area contributed by atoms with Gasteiger partial charge in [0.05, 0.1) is 22.0 Å². The van der Waals surface area contributed by atoms with Gasteiger partial charge in [-0.1, -0.05) is 23.7 Å². The summed E-state index contributed by atoms with van der Waals surface area (Å²) in [5.41, 5.74) is 1.07. The van der Waals surface area contributed by atoms with Crippen LogP contribution in [-0.4, -0.2) is 14.5 Å².